The monoisotopic (exact) mass is 254 g/mol. The SMILES string of the molecule is C/C=C(\I)CC(=O)OCC. The van der Waals surface area contributed by atoms with E-state index in [4.69, 9.17) is 4.74 Å². The van der Waals surface area contributed by atoms with Crippen molar-refractivity contribution in [3.8, 4) is 0 Å². The van der Waals surface area contributed by atoms with E-state index in [1.807, 2.05) is 13.0 Å². The Hall–Kier alpha value is -0.0600. The molecule has 0 radical (unpaired) electrons. The lowest BCUT2D eigenvalue weighted by Gasteiger charge is -1.98. The topological polar surface area (TPSA) is 26.3 Å². The lowest BCUT2D eigenvalue weighted by molar-refractivity contribution is -0.142. The minimum Gasteiger partial charge on any atom is -0.466 e. The van der Waals surface area contributed by atoms with E-state index in [1.165, 1.54) is 0 Å². The molecule has 0 aliphatic rings. The van der Waals surface area contributed by atoms with Gasteiger partial charge in [0.1, 0.15) is 0 Å². The molecule has 0 saturated carbocycles. The van der Waals surface area contributed by atoms with Gasteiger partial charge in [-0.3, -0.25) is 4.79 Å². The van der Waals surface area contributed by atoms with Crippen LogP contribution in [0.3, 0.4) is 0 Å². The highest BCUT2D eigenvalue weighted by Crippen LogP contribution is 2.10. The standard InChI is InChI=1S/C7H11IO2/c1-3-6(8)5-7(9)10-4-2/h3H,4-5H2,1-2H3/b6-3-. The fraction of sp³-hybridized carbons (Fsp3) is 0.571. The van der Waals surface area contributed by atoms with Gasteiger partial charge in [-0.1, -0.05) is 6.08 Å². The van der Waals surface area contributed by atoms with Crippen LogP contribution in [0.5, 0.6) is 0 Å². The first kappa shape index (κ1) is 9.94. The third kappa shape index (κ3) is 4.78. The Morgan fingerprint density at radius 2 is 2.30 bits per heavy atom. The first-order chi connectivity index (χ1) is 4.70. The molecule has 0 fully saturated rings. The molecule has 0 aromatic rings. The molecule has 0 unspecified atom stereocenters. The minimum atomic E-state index is -0.148. The van der Waals surface area contributed by atoms with Gasteiger partial charge in [-0.15, -0.1) is 0 Å². The molecule has 0 spiro atoms. The van der Waals surface area contributed by atoms with Gasteiger partial charge in [0.2, 0.25) is 0 Å². The predicted octanol–water partition coefficient (Wildman–Crippen LogP) is 2.28. The molecule has 3 heteroatoms. The Balaban J connectivity index is 3.58. The third-order valence-electron chi connectivity index (χ3n) is 0.932. The fourth-order valence-electron chi connectivity index (χ4n) is 0.452. The van der Waals surface area contributed by atoms with Gasteiger partial charge < -0.3 is 4.74 Å². The molecule has 58 valence electrons. The fourth-order valence-corrected chi connectivity index (χ4v) is 0.763. The van der Waals surface area contributed by atoms with Gasteiger partial charge in [-0.2, -0.15) is 0 Å². The Bertz CT molecular complexity index is 141. The second-order valence-corrected chi connectivity index (χ2v) is 3.10. The molecule has 0 heterocycles. The smallest absolute Gasteiger partial charge is 0.310 e. The van der Waals surface area contributed by atoms with Crippen LogP contribution in [0.25, 0.3) is 0 Å². The molecular weight excluding hydrogens is 243 g/mol. The van der Waals surface area contributed by atoms with E-state index in [1.54, 1.807) is 6.92 Å². The van der Waals surface area contributed by atoms with Crippen LogP contribution in [0.1, 0.15) is 20.3 Å². The maximum absolute atomic E-state index is 10.7. The quantitative estimate of drug-likeness (QED) is 0.570. The van der Waals surface area contributed by atoms with E-state index in [9.17, 15) is 4.79 Å². The molecule has 0 rings (SSSR count). The first-order valence-corrected chi connectivity index (χ1v) is 4.24. The summed E-state index contributed by atoms with van der Waals surface area (Å²) in [7, 11) is 0. The number of ether oxygens (including phenoxy) is 1. The Kier molecular flexibility index (Phi) is 5.67. The molecule has 0 bridgehead atoms. The van der Waals surface area contributed by atoms with Crippen LogP contribution < -0.4 is 0 Å². The molecule has 0 amide bonds. The van der Waals surface area contributed by atoms with E-state index in [0.717, 1.165) is 3.58 Å². The number of hydrogen-bond donors (Lipinski definition) is 0. The average Bonchev–Trinajstić information content (AvgIpc) is 1.88. The van der Waals surface area contributed by atoms with E-state index >= 15 is 0 Å². The van der Waals surface area contributed by atoms with Crippen LogP contribution in [0.15, 0.2) is 9.66 Å². The molecule has 0 aromatic heterocycles. The molecule has 0 N–H and O–H groups in total. The van der Waals surface area contributed by atoms with Crippen molar-refractivity contribution in [2.75, 3.05) is 6.61 Å². The van der Waals surface area contributed by atoms with Crippen molar-refractivity contribution in [3.05, 3.63) is 9.66 Å². The van der Waals surface area contributed by atoms with E-state index < -0.39 is 0 Å². The largest absolute Gasteiger partial charge is 0.466 e. The summed E-state index contributed by atoms with van der Waals surface area (Å²) >= 11 is 2.12. The Labute approximate surface area is 74.8 Å². The molecule has 0 atom stereocenters. The van der Waals surface area contributed by atoms with Crippen molar-refractivity contribution >= 4 is 28.6 Å². The summed E-state index contributed by atoms with van der Waals surface area (Å²) < 4.78 is 5.75. The van der Waals surface area contributed by atoms with Crippen LogP contribution in [0, 0.1) is 0 Å². The van der Waals surface area contributed by atoms with Crippen LogP contribution in [-0.2, 0) is 9.53 Å². The molecular formula is C7H11IO2. The summed E-state index contributed by atoms with van der Waals surface area (Å²) in [5.41, 5.74) is 0. The summed E-state index contributed by atoms with van der Waals surface area (Å²) in [6.45, 7) is 4.17. The first-order valence-electron chi connectivity index (χ1n) is 3.17. The van der Waals surface area contributed by atoms with Crippen LogP contribution in [0.2, 0.25) is 0 Å². The number of carbonyl (C=O) groups is 1. The number of halogens is 1. The van der Waals surface area contributed by atoms with Gasteiger partial charge in [0.25, 0.3) is 0 Å². The average molecular weight is 254 g/mol. The summed E-state index contributed by atoms with van der Waals surface area (Å²) in [5.74, 6) is -0.148. The number of carbonyl (C=O) groups excluding carboxylic acids is 1. The minimum absolute atomic E-state index is 0.148. The summed E-state index contributed by atoms with van der Waals surface area (Å²) in [6.07, 6.45) is 2.31. The van der Waals surface area contributed by atoms with Crippen molar-refractivity contribution in [3.63, 3.8) is 0 Å². The van der Waals surface area contributed by atoms with Crippen molar-refractivity contribution in [1.82, 2.24) is 0 Å². The highest BCUT2D eigenvalue weighted by Gasteiger charge is 2.01. The Morgan fingerprint density at radius 1 is 1.70 bits per heavy atom. The lowest BCUT2D eigenvalue weighted by Crippen LogP contribution is -2.02. The zero-order valence-electron chi connectivity index (χ0n) is 6.19. The zero-order chi connectivity index (χ0) is 7.98. The number of rotatable bonds is 3. The van der Waals surface area contributed by atoms with Gasteiger partial charge in [-0.25, -0.2) is 0 Å². The maximum atomic E-state index is 10.7. The number of allylic oxidation sites excluding steroid dienone is 1. The zero-order valence-corrected chi connectivity index (χ0v) is 8.34. The van der Waals surface area contributed by atoms with Crippen molar-refractivity contribution in [2.24, 2.45) is 0 Å². The van der Waals surface area contributed by atoms with E-state index in [2.05, 4.69) is 22.6 Å². The van der Waals surface area contributed by atoms with E-state index in [0.29, 0.717) is 13.0 Å². The van der Waals surface area contributed by atoms with Gasteiger partial charge in [-0.05, 0) is 40.0 Å². The second-order valence-electron chi connectivity index (χ2n) is 1.72. The van der Waals surface area contributed by atoms with Crippen LogP contribution in [-0.4, -0.2) is 12.6 Å². The predicted molar refractivity (Wildman–Crippen MR) is 49.0 cm³/mol. The summed E-state index contributed by atoms with van der Waals surface area (Å²) in [4.78, 5) is 10.7. The normalized spacial score (nSPS) is 11.3. The van der Waals surface area contributed by atoms with Crippen molar-refractivity contribution in [2.45, 2.75) is 20.3 Å². The highest BCUT2D eigenvalue weighted by atomic mass is 127. The lowest BCUT2D eigenvalue weighted by atomic mass is 10.4. The van der Waals surface area contributed by atoms with Crippen molar-refractivity contribution in [1.29, 1.82) is 0 Å². The van der Waals surface area contributed by atoms with Crippen LogP contribution in [0.4, 0.5) is 0 Å². The van der Waals surface area contributed by atoms with Gasteiger partial charge >= 0.3 is 5.97 Å². The number of hydrogen-bond acceptors (Lipinski definition) is 2. The van der Waals surface area contributed by atoms with Crippen molar-refractivity contribution < 1.29 is 9.53 Å². The Morgan fingerprint density at radius 3 is 2.70 bits per heavy atom. The highest BCUT2D eigenvalue weighted by molar-refractivity contribution is 14.1. The third-order valence-corrected chi connectivity index (χ3v) is 1.94. The van der Waals surface area contributed by atoms with Gasteiger partial charge in [0, 0.05) is 0 Å². The second kappa shape index (κ2) is 5.70. The molecule has 0 aromatic carbocycles. The molecule has 0 saturated heterocycles. The summed E-state index contributed by atoms with van der Waals surface area (Å²) in [6, 6.07) is 0. The van der Waals surface area contributed by atoms with E-state index in [-0.39, 0.29) is 5.97 Å². The molecule has 2 nitrogen and oxygen atoms in total. The van der Waals surface area contributed by atoms with Gasteiger partial charge in [0.15, 0.2) is 0 Å². The van der Waals surface area contributed by atoms with Crippen LogP contribution >= 0.6 is 22.6 Å². The van der Waals surface area contributed by atoms with Gasteiger partial charge in [0.05, 0.1) is 13.0 Å². The molecule has 0 aliphatic heterocycles. The molecule has 10 heavy (non-hydrogen) atoms. The molecule has 0 aliphatic carbocycles. The number of esters is 1. The maximum Gasteiger partial charge on any atom is 0.310 e. The summed E-state index contributed by atoms with van der Waals surface area (Å²) in [5, 5.41) is 0.